The lowest BCUT2D eigenvalue weighted by molar-refractivity contribution is -0.127. The molecular weight excluding hydrogens is 132 g/mol. The summed E-state index contributed by atoms with van der Waals surface area (Å²) in [5, 5.41) is 0. The first-order chi connectivity index (χ1) is 4.36. The van der Waals surface area contributed by atoms with Gasteiger partial charge in [-0.15, -0.1) is 0 Å². The second-order valence-corrected chi connectivity index (χ2v) is 2.63. The van der Waals surface area contributed by atoms with Crippen molar-refractivity contribution >= 4 is 11.8 Å². The van der Waals surface area contributed by atoms with Crippen molar-refractivity contribution in [1.82, 2.24) is 0 Å². The molecule has 4 nitrogen and oxygen atoms in total. The molecule has 0 fully saturated rings. The summed E-state index contributed by atoms with van der Waals surface area (Å²) >= 11 is 0. The van der Waals surface area contributed by atoms with Crippen LogP contribution in [0.3, 0.4) is 0 Å². The lowest BCUT2D eigenvalue weighted by Gasteiger charge is -2.16. The summed E-state index contributed by atoms with van der Waals surface area (Å²) in [6.07, 6.45) is 1.09. The summed E-state index contributed by atoms with van der Waals surface area (Å²) in [4.78, 5) is 20.8. The first-order valence-electron chi connectivity index (χ1n) is 2.81. The van der Waals surface area contributed by atoms with Gasteiger partial charge in [0.05, 0.1) is 11.8 Å². The van der Waals surface area contributed by atoms with Crippen molar-refractivity contribution in [2.75, 3.05) is 0 Å². The van der Waals surface area contributed by atoms with E-state index in [1.54, 1.807) is 0 Å². The van der Waals surface area contributed by atoms with E-state index < -0.39 is 17.2 Å². The summed E-state index contributed by atoms with van der Waals surface area (Å²) in [6, 6.07) is 0. The fourth-order valence-electron chi connectivity index (χ4n) is 0.427. The van der Waals surface area contributed by atoms with Crippen molar-refractivity contribution in [3.05, 3.63) is 6.42 Å². The van der Waals surface area contributed by atoms with Gasteiger partial charge in [-0.3, -0.25) is 9.59 Å². The van der Waals surface area contributed by atoms with Crippen LogP contribution in [0.1, 0.15) is 13.8 Å². The zero-order valence-corrected chi connectivity index (χ0v) is 6.05. The summed E-state index contributed by atoms with van der Waals surface area (Å²) in [5.74, 6) is -1.20. The van der Waals surface area contributed by atoms with Gasteiger partial charge in [-0.1, -0.05) is 13.8 Å². The average molecular weight is 143 g/mol. The monoisotopic (exact) mass is 143 g/mol. The lowest BCUT2D eigenvalue weighted by atomic mass is 9.88. The van der Waals surface area contributed by atoms with Gasteiger partial charge < -0.3 is 11.5 Å². The topological polar surface area (TPSA) is 86.2 Å². The van der Waals surface area contributed by atoms with Gasteiger partial charge in [0, 0.05) is 0 Å². The van der Waals surface area contributed by atoms with E-state index in [1.807, 2.05) is 0 Å². The molecule has 2 amide bonds. The smallest absolute Gasteiger partial charge is 0.223 e. The maximum absolute atomic E-state index is 10.5. The lowest BCUT2D eigenvalue weighted by Crippen LogP contribution is -2.36. The number of carbonyl (C=O) groups is 2. The van der Waals surface area contributed by atoms with E-state index in [0.717, 1.165) is 6.42 Å². The zero-order valence-electron chi connectivity index (χ0n) is 6.05. The Morgan fingerprint density at radius 2 is 1.70 bits per heavy atom. The van der Waals surface area contributed by atoms with Crippen molar-refractivity contribution in [3.8, 4) is 0 Å². The molecule has 0 heterocycles. The molecule has 0 aromatic carbocycles. The van der Waals surface area contributed by atoms with Crippen molar-refractivity contribution in [2.24, 2.45) is 16.9 Å². The van der Waals surface area contributed by atoms with Crippen LogP contribution < -0.4 is 11.5 Å². The molecule has 0 saturated carbocycles. The normalized spacial score (nSPS) is 11.0. The van der Waals surface area contributed by atoms with E-state index in [1.165, 1.54) is 13.8 Å². The largest absolute Gasteiger partial charge is 0.369 e. The molecule has 0 saturated heterocycles. The van der Waals surface area contributed by atoms with E-state index in [9.17, 15) is 9.59 Å². The highest BCUT2D eigenvalue weighted by atomic mass is 16.2. The van der Waals surface area contributed by atoms with Crippen LogP contribution in [0.2, 0.25) is 0 Å². The molecule has 10 heavy (non-hydrogen) atoms. The third-order valence-corrected chi connectivity index (χ3v) is 1.14. The van der Waals surface area contributed by atoms with Crippen molar-refractivity contribution < 1.29 is 9.59 Å². The number of carbonyl (C=O) groups excluding carboxylic acids is 2. The van der Waals surface area contributed by atoms with E-state index >= 15 is 0 Å². The molecule has 0 unspecified atom stereocenters. The predicted octanol–water partition coefficient (Wildman–Crippen LogP) is -0.813. The van der Waals surface area contributed by atoms with Crippen LogP contribution in [0.4, 0.5) is 0 Å². The van der Waals surface area contributed by atoms with Crippen LogP contribution in [0.15, 0.2) is 0 Å². The van der Waals surface area contributed by atoms with Gasteiger partial charge in [-0.2, -0.15) is 0 Å². The van der Waals surface area contributed by atoms with Gasteiger partial charge >= 0.3 is 0 Å². The fraction of sp³-hybridized carbons (Fsp3) is 0.500. The summed E-state index contributed by atoms with van der Waals surface area (Å²) in [6.45, 7) is 3.06. The van der Waals surface area contributed by atoms with Crippen molar-refractivity contribution in [1.29, 1.82) is 0 Å². The molecule has 0 aliphatic heterocycles. The first-order valence-corrected chi connectivity index (χ1v) is 2.81. The quantitative estimate of drug-likeness (QED) is 0.541. The predicted molar refractivity (Wildman–Crippen MR) is 36.5 cm³/mol. The molecule has 0 rings (SSSR count). The Kier molecular flexibility index (Phi) is 2.40. The van der Waals surface area contributed by atoms with Gasteiger partial charge in [0.2, 0.25) is 11.8 Å². The Labute approximate surface area is 59.6 Å². The highest BCUT2D eigenvalue weighted by molar-refractivity contribution is 5.93. The molecule has 0 aliphatic rings. The zero-order chi connectivity index (χ0) is 8.36. The number of rotatable bonds is 3. The molecule has 0 atom stereocenters. The highest BCUT2D eigenvalue weighted by Crippen LogP contribution is 2.16. The van der Waals surface area contributed by atoms with Crippen molar-refractivity contribution in [3.63, 3.8) is 0 Å². The number of hydrogen-bond donors (Lipinski definition) is 2. The molecule has 0 aromatic rings. The van der Waals surface area contributed by atoms with Gasteiger partial charge in [0.25, 0.3) is 0 Å². The molecule has 0 aliphatic carbocycles. The minimum Gasteiger partial charge on any atom is -0.369 e. The van der Waals surface area contributed by atoms with Gasteiger partial charge in [0.1, 0.15) is 0 Å². The van der Waals surface area contributed by atoms with Crippen LogP contribution in [-0.4, -0.2) is 11.8 Å². The molecule has 4 N–H and O–H groups in total. The van der Waals surface area contributed by atoms with Gasteiger partial charge in [-0.25, -0.2) is 0 Å². The van der Waals surface area contributed by atoms with Crippen LogP contribution in [0.25, 0.3) is 0 Å². The maximum Gasteiger partial charge on any atom is 0.223 e. The van der Waals surface area contributed by atoms with Gasteiger partial charge in [0.15, 0.2) is 0 Å². The summed E-state index contributed by atoms with van der Waals surface area (Å²) < 4.78 is 0. The molecule has 0 spiro atoms. The van der Waals surface area contributed by atoms with Crippen LogP contribution in [0.5, 0.6) is 0 Å². The average Bonchev–Trinajstić information content (AvgIpc) is 1.60. The minimum atomic E-state index is -0.939. The van der Waals surface area contributed by atoms with Crippen LogP contribution in [-0.2, 0) is 9.59 Å². The number of nitrogens with two attached hydrogens (primary N) is 2. The molecule has 0 bridgehead atoms. The van der Waals surface area contributed by atoms with E-state index in [4.69, 9.17) is 11.5 Å². The molecular formula is C6H11N2O2. The SMILES string of the molecule is CC(C)([CH]C(N)=O)C(N)=O. The van der Waals surface area contributed by atoms with E-state index in [-0.39, 0.29) is 0 Å². The fourth-order valence-corrected chi connectivity index (χ4v) is 0.427. The van der Waals surface area contributed by atoms with Crippen LogP contribution in [0, 0.1) is 11.8 Å². The second-order valence-electron chi connectivity index (χ2n) is 2.63. The molecule has 4 heteroatoms. The van der Waals surface area contributed by atoms with Gasteiger partial charge in [-0.05, 0) is 0 Å². The third-order valence-electron chi connectivity index (χ3n) is 1.14. The minimum absolute atomic E-state index is 0.564. The number of hydrogen-bond acceptors (Lipinski definition) is 2. The molecule has 0 aromatic heterocycles. The first kappa shape index (κ1) is 8.94. The Hall–Kier alpha value is -1.06. The highest BCUT2D eigenvalue weighted by Gasteiger charge is 2.27. The maximum atomic E-state index is 10.5. The third kappa shape index (κ3) is 2.48. The Balaban J connectivity index is 4.13. The van der Waals surface area contributed by atoms with E-state index in [2.05, 4.69) is 0 Å². The second kappa shape index (κ2) is 2.68. The summed E-state index contributed by atoms with van der Waals surface area (Å²) in [7, 11) is 0. The number of amides is 2. The Morgan fingerprint density at radius 1 is 1.30 bits per heavy atom. The van der Waals surface area contributed by atoms with Crippen LogP contribution >= 0.6 is 0 Å². The molecule has 57 valence electrons. The standard InChI is InChI=1S/C6H11N2O2/c1-6(2,5(8)10)3-4(7)9/h3H,1-2H3,(H2,7,9)(H2,8,10). The summed E-state index contributed by atoms with van der Waals surface area (Å²) in [5.41, 5.74) is 8.82. The molecule has 1 radical (unpaired) electrons. The number of primary amides is 2. The van der Waals surface area contributed by atoms with Crippen molar-refractivity contribution in [2.45, 2.75) is 13.8 Å². The Morgan fingerprint density at radius 3 is 1.80 bits per heavy atom. The van der Waals surface area contributed by atoms with E-state index in [0.29, 0.717) is 0 Å². The Bertz CT molecular complexity index is 163.